The second-order valence-corrected chi connectivity index (χ2v) is 6.91. The molecule has 1 unspecified atom stereocenters. The van der Waals surface area contributed by atoms with Gasteiger partial charge in [0.15, 0.2) is 0 Å². The van der Waals surface area contributed by atoms with E-state index in [4.69, 9.17) is 4.74 Å². The van der Waals surface area contributed by atoms with E-state index in [1.165, 1.54) is 0 Å². The third-order valence-corrected chi connectivity index (χ3v) is 3.65. The molecule has 0 bridgehead atoms. The highest BCUT2D eigenvalue weighted by Gasteiger charge is 2.30. The molecule has 0 radical (unpaired) electrons. The first-order valence-corrected chi connectivity index (χ1v) is 8.24. The highest BCUT2D eigenvalue weighted by atomic mass is 16.6. The number of nitrogens with one attached hydrogen (secondary N) is 1. The summed E-state index contributed by atoms with van der Waals surface area (Å²) in [5.74, 6) is 0.513. The number of ether oxygens (including phenoxy) is 1. The number of hydrogen-bond donors (Lipinski definition) is 1. The number of nitrogens with zero attached hydrogens (tertiary/aromatic N) is 5. The van der Waals surface area contributed by atoms with Crippen LogP contribution < -0.4 is 5.32 Å². The van der Waals surface area contributed by atoms with Crippen molar-refractivity contribution >= 4 is 12.0 Å². The van der Waals surface area contributed by atoms with Crippen LogP contribution in [0.3, 0.4) is 0 Å². The fraction of sp³-hybridized carbons (Fsp3) is 0.471. The minimum atomic E-state index is -0.489. The van der Waals surface area contributed by atoms with Crippen molar-refractivity contribution in [3.8, 4) is 11.4 Å². The van der Waals surface area contributed by atoms with Crippen molar-refractivity contribution < 1.29 is 9.53 Å². The molecule has 1 atom stereocenters. The Morgan fingerprint density at radius 2 is 2.08 bits per heavy atom. The zero-order valence-corrected chi connectivity index (χ0v) is 14.6. The lowest BCUT2D eigenvalue weighted by Crippen LogP contribution is -2.36. The van der Waals surface area contributed by atoms with Crippen molar-refractivity contribution in [2.75, 3.05) is 18.4 Å². The van der Waals surface area contributed by atoms with Crippen molar-refractivity contribution in [2.45, 2.75) is 38.8 Å². The molecule has 2 aromatic rings. The maximum Gasteiger partial charge on any atom is 0.410 e. The number of aromatic nitrogens is 4. The summed E-state index contributed by atoms with van der Waals surface area (Å²) in [5.41, 5.74) is 0.902. The topological polar surface area (TPSA) is 93.1 Å². The average molecular weight is 342 g/mol. The molecule has 8 heteroatoms. The Morgan fingerprint density at radius 3 is 2.80 bits per heavy atom. The van der Waals surface area contributed by atoms with Gasteiger partial charge in [-0.3, -0.25) is 9.97 Å². The predicted octanol–water partition coefficient (Wildman–Crippen LogP) is 2.35. The van der Waals surface area contributed by atoms with E-state index in [0.717, 1.165) is 6.42 Å². The first-order chi connectivity index (χ1) is 11.9. The molecule has 1 aliphatic rings. The summed E-state index contributed by atoms with van der Waals surface area (Å²) >= 11 is 0. The lowest BCUT2D eigenvalue weighted by molar-refractivity contribution is 0.0293. The van der Waals surface area contributed by atoms with Gasteiger partial charge in [-0.1, -0.05) is 0 Å². The molecule has 132 valence electrons. The average Bonchev–Trinajstić information content (AvgIpc) is 3.03. The van der Waals surface area contributed by atoms with E-state index in [9.17, 15) is 4.79 Å². The van der Waals surface area contributed by atoms with Crippen LogP contribution in [-0.2, 0) is 4.74 Å². The van der Waals surface area contributed by atoms with Gasteiger partial charge in [-0.05, 0) is 33.3 Å². The summed E-state index contributed by atoms with van der Waals surface area (Å²) in [6.45, 7) is 6.80. The molecule has 3 heterocycles. The maximum absolute atomic E-state index is 12.1. The summed E-state index contributed by atoms with van der Waals surface area (Å²) in [4.78, 5) is 30.9. The summed E-state index contributed by atoms with van der Waals surface area (Å²) in [6, 6.07) is 1.88. The molecular weight excluding hydrogens is 320 g/mol. The van der Waals surface area contributed by atoms with E-state index in [0.29, 0.717) is 30.4 Å². The second-order valence-electron chi connectivity index (χ2n) is 6.91. The summed E-state index contributed by atoms with van der Waals surface area (Å²) in [6.07, 6.45) is 7.11. The molecule has 0 spiro atoms. The van der Waals surface area contributed by atoms with Crippen LogP contribution in [0.25, 0.3) is 11.4 Å². The molecule has 0 aromatic carbocycles. The van der Waals surface area contributed by atoms with E-state index in [1.807, 2.05) is 20.8 Å². The number of amides is 1. The summed E-state index contributed by atoms with van der Waals surface area (Å²) in [7, 11) is 0. The van der Waals surface area contributed by atoms with E-state index in [1.54, 1.807) is 35.8 Å². The third kappa shape index (κ3) is 4.62. The molecule has 2 aromatic heterocycles. The number of carbonyl (C=O) groups excluding carboxylic acids is 1. The van der Waals surface area contributed by atoms with Gasteiger partial charge in [0, 0.05) is 37.7 Å². The van der Waals surface area contributed by atoms with Gasteiger partial charge in [0.2, 0.25) is 5.95 Å². The Labute approximate surface area is 146 Å². The molecule has 3 rings (SSSR count). The molecule has 0 saturated carbocycles. The molecule has 1 fully saturated rings. The van der Waals surface area contributed by atoms with Gasteiger partial charge in [-0.15, -0.1) is 0 Å². The Hall–Kier alpha value is -2.77. The highest BCUT2D eigenvalue weighted by Crippen LogP contribution is 2.19. The minimum Gasteiger partial charge on any atom is -0.444 e. The minimum absolute atomic E-state index is 0.0876. The van der Waals surface area contributed by atoms with Crippen LogP contribution in [0.15, 0.2) is 30.9 Å². The fourth-order valence-electron chi connectivity index (χ4n) is 2.56. The van der Waals surface area contributed by atoms with Crippen LogP contribution in [-0.4, -0.2) is 55.7 Å². The van der Waals surface area contributed by atoms with Crippen molar-refractivity contribution in [1.29, 1.82) is 0 Å². The Balaban J connectivity index is 1.61. The van der Waals surface area contributed by atoms with Gasteiger partial charge in [0.1, 0.15) is 11.3 Å². The zero-order chi connectivity index (χ0) is 17.9. The smallest absolute Gasteiger partial charge is 0.410 e. The van der Waals surface area contributed by atoms with Gasteiger partial charge < -0.3 is 15.0 Å². The first-order valence-electron chi connectivity index (χ1n) is 8.24. The van der Waals surface area contributed by atoms with E-state index >= 15 is 0 Å². The maximum atomic E-state index is 12.1. The van der Waals surface area contributed by atoms with Crippen LogP contribution in [0.4, 0.5) is 10.7 Å². The molecule has 8 nitrogen and oxygen atoms in total. The Kier molecular flexibility index (Phi) is 4.78. The molecule has 25 heavy (non-hydrogen) atoms. The number of hydrogen-bond acceptors (Lipinski definition) is 7. The molecule has 0 aliphatic carbocycles. The highest BCUT2D eigenvalue weighted by molar-refractivity contribution is 5.68. The number of carbonyl (C=O) groups is 1. The van der Waals surface area contributed by atoms with Crippen molar-refractivity contribution in [2.24, 2.45) is 0 Å². The molecular formula is C17H22N6O2. The van der Waals surface area contributed by atoms with Gasteiger partial charge in [-0.25, -0.2) is 14.8 Å². The van der Waals surface area contributed by atoms with Crippen molar-refractivity contribution in [1.82, 2.24) is 24.8 Å². The van der Waals surface area contributed by atoms with Gasteiger partial charge in [0.25, 0.3) is 0 Å². The molecule has 1 saturated heterocycles. The van der Waals surface area contributed by atoms with Crippen LogP contribution in [0.5, 0.6) is 0 Å². The standard InChI is InChI=1S/C17H22N6O2/c1-17(2,3)25-16(24)23-9-5-12(11-23)21-15-20-6-4-13(22-15)14-10-18-7-8-19-14/h4,6-8,10,12H,5,9,11H2,1-3H3,(H,20,21,22). The van der Waals surface area contributed by atoms with Gasteiger partial charge in [0.05, 0.1) is 11.9 Å². The predicted molar refractivity (Wildman–Crippen MR) is 92.9 cm³/mol. The molecule has 1 N–H and O–H groups in total. The zero-order valence-electron chi connectivity index (χ0n) is 14.6. The Bertz CT molecular complexity index is 731. The molecule has 1 amide bonds. The first kappa shape index (κ1) is 17.1. The third-order valence-electron chi connectivity index (χ3n) is 3.65. The number of likely N-dealkylation sites (tertiary alicyclic amines) is 1. The van der Waals surface area contributed by atoms with Gasteiger partial charge in [-0.2, -0.15) is 0 Å². The largest absolute Gasteiger partial charge is 0.444 e. The number of rotatable bonds is 3. The quantitative estimate of drug-likeness (QED) is 0.915. The van der Waals surface area contributed by atoms with Crippen LogP contribution in [0.1, 0.15) is 27.2 Å². The van der Waals surface area contributed by atoms with Gasteiger partial charge >= 0.3 is 6.09 Å². The van der Waals surface area contributed by atoms with Crippen LogP contribution in [0.2, 0.25) is 0 Å². The monoisotopic (exact) mass is 342 g/mol. The lowest BCUT2D eigenvalue weighted by atomic mass is 10.2. The van der Waals surface area contributed by atoms with Crippen LogP contribution in [0, 0.1) is 0 Å². The Morgan fingerprint density at radius 1 is 1.24 bits per heavy atom. The lowest BCUT2D eigenvalue weighted by Gasteiger charge is -2.24. The van der Waals surface area contributed by atoms with E-state index in [2.05, 4.69) is 25.3 Å². The fourth-order valence-corrected chi connectivity index (χ4v) is 2.56. The SMILES string of the molecule is CC(C)(C)OC(=O)N1CCC(Nc2nccc(-c3cnccn3)n2)C1. The van der Waals surface area contributed by atoms with Crippen molar-refractivity contribution in [3.05, 3.63) is 30.9 Å². The molecule has 1 aliphatic heterocycles. The van der Waals surface area contributed by atoms with Crippen LogP contribution >= 0.6 is 0 Å². The number of anilines is 1. The van der Waals surface area contributed by atoms with E-state index < -0.39 is 5.60 Å². The normalized spacial score (nSPS) is 17.4. The van der Waals surface area contributed by atoms with E-state index in [-0.39, 0.29) is 12.1 Å². The summed E-state index contributed by atoms with van der Waals surface area (Å²) in [5, 5.41) is 3.28. The van der Waals surface area contributed by atoms with Crippen molar-refractivity contribution in [3.63, 3.8) is 0 Å². The second kappa shape index (κ2) is 7.00. The summed E-state index contributed by atoms with van der Waals surface area (Å²) < 4.78 is 5.41.